The average molecular weight is 557 g/mol. The molecule has 40 heavy (non-hydrogen) atoms. The lowest BCUT2D eigenvalue weighted by molar-refractivity contribution is -0.145. The van der Waals surface area contributed by atoms with E-state index >= 15 is 0 Å². The number of ketones is 1. The summed E-state index contributed by atoms with van der Waals surface area (Å²) in [5.74, 6) is -0.783. The van der Waals surface area contributed by atoms with Crippen LogP contribution in [0, 0.1) is 11.3 Å². The average Bonchev–Trinajstić information content (AvgIpc) is 3.47. The Morgan fingerprint density at radius 3 is 2.20 bits per heavy atom. The van der Waals surface area contributed by atoms with Crippen molar-refractivity contribution in [3.8, 4) is 0 Å². The molecular formula is C31H48N4O5. The molecule has 1 aromatic carbocycles. The van der Waals surface area contributed by atoms with Gasteiger partial charge in [-0.25, -0.2) is 0 Å². The van der Waals surface area contributed by atoms with Crippen molar-refractivity contribution in [2.75, 3.05) is 38.2 Å². The Hall–Kier alpha value is -2.94. The van der Waals surface area contributed by atoms with Crippen LogP contribution in [0.1, 0.15) is 78.1 Å². The van der Waals surface area contributed by atoms with Gasteiger partial charge in [-0.1, -0.05) is 34.6 Å². The smallest absolute Gasteiger partial charge is 0.252 e. The van der Waals surface area contributed by atoms with Crippen LogP contribution in [0.15, 0.2) is 24.3 Å². The van der Waals surface area contributed by atoms with Crippen LogP contribution in [0.3, 0.4) is 0 Å². The zero-order valence-electron chi connectivity index (χ0n) is 25.5. The van der Waals surface area contributed by atoms with Crippen LogP contribution < -0.4 is 10.2 Å². The van der Waals surface area contributed by atoms with E-state index in [4.69, 9.17) is 4.74 Å². The Balaban J connectivity index is 1.75. The third-order valence-corrected chi connectivity index (χ3v) is 7.91. The van der Waals surface area contributed by atoms with Gasteiger partial charge in [-0.2, -0.15) is 0 Å². The van der Waals surface area contributed by atoms with Crippen molar-refractivity contribution in [1.29, 1.82) is 0 Å². The molecule has 4 atom stereocenters. The minimum atomic E-state index is -0.765. The van der Waals surface area contributed by atoms with Crippen LogP contribution in [-0.4, -0.2) is 90.8 Å². The van der Waals surface area contributed by atoms with Gasteiger partial charge in [0.05, 0.1) is 12.6 Å². The largest absolute Gasteiger partial charge is 0.372 e. The van der Waals surface area contributed by atoms with Crippen molar-refractivity contribution in [3.05, 3.63) is 29.8 Å². The number of likely N-dealkylation sites (tertiary alicyclic amines) is 2. The number of carbonyl (C=O) groups excluding carboxylic acids is 4. The normalized spacial score (nSPS) is 20.5. The Labute approximate surface area is 239 Å². The van der Waals surface area contributed by atoms with Crippen LogP contribution in [0.2, 0.25) is 0 Å². The summed E-state index contributed by atoms with van der Waals surface area (Å²) in [7, 11) is 1.52. The summed E-state index contributed by atoms with van der Waals surface area (Å²) in [6, 6.07) is 5.57. The number of fused-ring (bicyclic) bond motifs is 1. The first-order chi connectivity index (χ1) is 18.8. The maximum Gasteiger partial charge on any atom is 0.252 e. The molecule has 0 bridgehead atoms. The van der Waals surface area contributed by atoms with Gasteiger partial charge >= 0.3 is 0 Å². The second-order valence-corrected chi connectivity index (χ2v) is 12.6. The van der Waals surface area contributed by atoms with E-state index in [1.807, 2.05) is 46.8 Å². The van der Waals surface area contributed by atoms with Gasteiger partial charge in [0, 0.05) is 38.0 Å². The molecule has 9 heteroatoms. The Morgan fingerprint density at radius 1 is 1.05 bits per heavy atom. The quantitative estimate of drug-likeness (QED) is 0.448. The van der Waals surface area contributed by atoms with E-state index < -0.39 is 18.2 Å². The van der Waals surface area contributed by atoms with E-state index in [9.17, 15) is 19.2 Å². The lowest BCUT2D eigenvalue weighted by atomic mass is 9.88. The van der Waals surface area contributed by atoms with E-state index in [0.717, 1.165) is 18.8 Å². The van der Waals surface area contributed by atoms with Gasteiger partial charge in [0.15, 0.2) is 5.78 Å². The van der Waals surface area contributed by atoms with Crippen LogP contribution >= 0.6 is 0 Å². The number of benzene rings is 1. The zero-order valence-corrected chi connectivity index (χ0v) is 25.5. The monoisotopic (exact) mass is 556 g/mol. The van der Waals surface area contributed by atoms with E-state index in [2.05, 4.69) is 24.1 Å². The van der Waals surface area contributed by atoms with Crippen molar-refractivity contribution in [3.63, 3.8) is 0 Å². The fourth-order valence-electron chi connectivity index (χ4n) is 5.92. The summed E-state index contributed by atoms with van der Waals surface area (Å²) in [5, 5.41) is 2.94. The fraction of sp³-hybridized carbons (Fsp3) is 0.677. The maximum absolute atomic E-state index is 13.8. The summed E-state index contributed by atoms with van der Waals surface area (Å²) in [5.41, 5.74) is 1.40. The van der Waals surface area contributed by atoms with Gasteiger partial charge in [0.1, 0.15) is 18.2 Å². The Kier molecular flexibility index (Phi) is 10.4. The van der Waals surface area contributed by atoms with Crippen molar-refractivity contribution < 1.29 is 23.9 Å². The molecule has 1 N–H and O–H groups in total. The lowest BCUT2D eigenvalue weighted by Crippen LogP contribution is -2.53. The molecule has 2 aliphatic heterocycles. The zero-order chi connectivity index (χ0) is 29.8. The van der Waals surface area contributed by atoms with Crippen molar-refractivity contribution >= 4 is 29.2 Å². The molecule has 0 spiro atoms. The molecule has 9 nitrogen and oxygen atoms in total. The number of amides is 3. The molecule has 2 fully saturated rings. The SMILES string of the molecule is CCN(CC)c1ccc(C(=O)NC(CC(C)C)C(=O)N2CCC3C2C(=O)CN3C(=O)C(CC(C)(C)C)OC)cc1. The molecule has 222 valence electrons. The fourth-order valence-corrected chi connectivity index (χ4v) is 5.92. The molecule has 0 radical (unpaired) electrons. The van der Waals surface area contributed by atoms with Crippen LogP contribution in [-0.2, 0) is 19.1 Å². The third-order valence-electron chi connectivity index (χ3n) is 7.91. The summed E-state index contributed by atoms with van der Waals surface area (Å²) >= 11 is 0. The number of hydrogen-bond acceptors (Lipinski definition) is 6. The highest BCUT2D eigenvalue weighted by Gasteiger charge is 2.53. The molecule has 1 aromatic rings. The first kappa shape index (κ1) is 31.6. The second-order valence-electron chi connectivity index (χ2n) is 12.6. The standard InChI is InChI=1S/C31H48N4O5/c1-9-33(10-2)22-13-11-21(12-14-22)28(37)32-23(17-20(3)4)29(38)34-16-15-24-27(34)25(36)19-35(24)30(39)26(40-8)18-31(5,6)7/h11-14,20,23-24,26-27H,9-10,15-19H2,1-8H3,(H,32,37). The molecule has 2 aliphatic rings. The van der Waals surface area contributed by atoms with E-state index in [1.165, 1.54) is 7.11 Å². The van der Waals surface area contributed by atoms with Crippen molar-refractivity contribution in [2.45, 2.75) is 92.0 Å². The number of nitrogens with one attached hydrogen (secondary N) is 1. The molecule has 2 saturated heterocycles. The number of carbonyl (C=O) groups is 4. The van der Waals surface area contributed by atoms with Gasteiger partial charge in [-0.3, -0.25) is 19.2 Å². The molecule has 3 amide bonds. The topological polar surface area (TPSA) is 99.3 Å². The number of rotatable bonds is 11. The van der Waals surface area contributed by atoms with Gasteiger partial charge in [0.2, 0.25) is 5.91 Å². The van der Waals surface area contributed by atoms with Crippen LogP contribution in [0.5, 0.6) is 0 Å². The first-order valence-corrected chi connectivity index (χ1v) is 14.6. The molecule has 0 aliphatic carbocycles. The van der Waals surface area contributed by atoms with Crippen LogP contribution in [0.4, 0.5) is 5.69 Å². The Morgan fingerprint density at radius 2 is 1.68 bits per heavy atom. The molecule has 0 saturated carbocycles. The number of hydrogen-bond donors (Lipinski definition) is 1. The number of methoxy groups -OCH3 is 1. The molecule has 0 aromatic heterocycles. The van der Waals surface area contributed by atoms with Gasteiger partial charge in [-0.15, -0.1) is 0 Å². The van der Waals surface area contributed by atoms with Gasteiger partial charge in [-0.05, 0) is 68.7 Å². The molecule has 2 heterocycles. The number of ether oxygens (including phenoxy) is 1. The minimum absolute atomic E-state index is 0.0258. The predicted octanol–water partition coefficient (Wildman–Crippen LogP) is 3.51. The van der Waals surface area contributed by atoms with E-state index in [1.54, 1.807) is 21.9 Å². The third kappa shape index (κ3) is 7.22. The summed E-state index contributed by atoms with van der Waals surface area (Å²) < 4.78 is 5.53. The van der Waals surface area contributed by atoms with Gasteiger partial charge < -0.3 is 24.8 Å². The lowest BCUT2D eigenvalue weighted by Gasteiger charge is -2.31. The highest BCUT2D eigenvalue weighted by atomic mass is 16.5. The maximum atomic E-state index is 13.8. The highest BCUT2D eigenvalue weighted by molar-refractivity contribution is 6.01. The highest BCUT2D eigenvalue weighted by Crippen LogP contribution is 2.33. The van der Waals surface area contributed by atoms with Gasteiger partial charge in [0.25, 0.3) is 11.8 Å². The van der Waals surface area contributed by atoms with Crippen molar-refractivity contribution in [1.82, 2.24) is 15.1 Å². The Bertz CT molecular complexity index is 1060. The number of anilines is 1. The second kappa shape index (κ2) is 13.1. The summed E-state index contributed by atoms with van der Waals surface area (Å²) in [4.78, 5) is 59.0. The molecule has 3 rings (SSSR count). The van der Waals surface area contributed by atoms with Crippen LogP contribution in [0.25, 0.3) is 0 Å². The van der Waals surface area contributed by atoms with Crippen molar-refractivity contribution in [2.24, 2.45) is 11.3 Å². The van der Waals surface area contributed by atoms with E-state index in [0.29, 0.717) is 31.4 Å². The van der Waals surface area contributed by atoms with E-state index in [-0.39, 0.29) is 47.4 Å². The number of nitrogens with zero attached hydrogens (tertiary/aromatic N) is 3. The first-order valence-electron chi connectivity index (χ1n) is 14.6. The molecular weight excluding hydrogens is 508 g/mol. The summed E-state index contributed by atoms with van der Waals surface area (Å²) in [6.45, 7) is 16.4. The minimum Gasteiger partial charge on any atom is -0.372 e. The predicted molar refractivity (Wildman–Crippen MR) is 156 cm³/mol. The summed E-state index contributed by atoms with van der Waals surface area (Å²) in [6.07, 6.45) is 0.863. The molecule has 4 unspecified atom stereocenters. The number of Topliss-reactive ketones (excluding diaryl/α,β-unsaturated/α-hetero) is 1.